The van der Waals surface area contributed by atoms with Crippen LogP contribution in [0.5, 0.6) is 0 Å². The number of aromatic nitrogens is 4. The van der Waals surface area contributed by atoms with Crippen molar-refractivity contribution in [3.63, 3.8) is 0 Å². The van der Waals surface area contributed by atoms with Crippen LogP contribution in [0.2, 0.25) is 0 Å². The second-order valence-corrected chi connectivity index (χ2v) is 6.43. The van der Waals surface area contributed by atoms with Gasteiger partial charge in [0.25, 0.3) is 5.56 Å². The van der Waals surface area contributed by atoms with Gasteiger partial charge in [-0.1, -0.05) is 20.8 Å². The largest absolute Gasteiger partial charge is 0.449 e. The number of fused-ring (bicyclic) bond motifs is 3. The first kappa shape index (κ1) is 16.0. The first-order chi connectivity index (χ1) is 11.3. The topological polar surface area (TPSA) is 90.5 Å². The summed E-state index contributed by atoms with van der Waals surface area (Å²) in [5, 5.41) is 4.92. The predicted octanol–water partition coefficient (Wildman–Crippen LogP) is 2.04. The lowest BCUT2D eigenvalue weighted by molar-refractivity contribution is 0.164. The van der Waals surface area contributed by atoms with Crippen LogP contribution in [0.25, 0.3) is 16.6 Å². The molecule has 3 aromatic heterocycles. The number of pyridine rings is 1. The highest BCUT2D eigenvalue weighted by atomic mass is 16.6. The van der Waals surface area contributed by atoms with Crippen molar-refractivity contribution in [2.24, 2.45) is 0 Å². The molecule has 1 N–H and O–H groups in total. The number of hydrogen-bond acceptors (Lipinski definition) is 5. The van der Waals surface area contributed by atoms with Gasteiger partial charge in [0, 0.05) is 23.9 Å². The number of amides is 1. The summed E-state index contributed by atoms with van der Waals surface area (Å²) < 4.78 is 7.50. The quantitative estimate of drug-likeness (QED) is 0.777. The van der Waals surface area contributed by atoms with Crippen molar-refractivity contribution in [3.05, 3.63) is 40.6 Å². The van der Waals surface area contributed by atoms with E-state index in [2.05, 4.69) is 36.3 Å². The minimum absolute atomic E-state index is 0.125. The SMILES string of the molecule is CCOC(=O)Nn1ccc2c(cnc3cc(C(C)(C)C)nn32)c1=O. The summed E-state index contributed by atoms with van der Waals surface area (Å²) in [4.78, 5) is 28.3. The second kappa shape index (κ2) is 5.63. The van der Waals surface area contributed by atoms with E-state index in [-0.39, 0.29) is 12.0 Å². The molecule has 8 nitrogen and oxygen atoms in total. The van der Waals surface area contributed by atoms with Crippen LogP contribution in [0, 0.1) is 0 Å². The highest BCUT2D eigenvalue weighted by Crippen LogP contribution is 2.22. The third-order valence-corrected chi connectivity index (χ3v) is 3.61. The van der Waals surface area contributed by atoms with Gasteiger partial charge in [-0.15, -0.1) is 0 Å². The third kappa shape index (κ3) is 2.70. The van der Waals surface area contributed by atoms with Crippen LogP contribution >= 0.6 is 0 Å². The Hall–Kier alpha value is -2.90. The summed E-state index contributed by atoms with van der Waals surface area (Å²) in [6.07, 6.45) is 2.27. The average Bonchev–Trinajstić information content (AvgIpc) is 2.95. The smallest absolute Gasteiger partial charge is 0.426 e. The normalized spacial score (nSPS) is 11.8. The zero-order valence-electron chi connectivity index (χ0n) is 14.0. The molecule has 0 spiro atoms. The van der Waals surface area contributed by atoms with Crippen LogP contribution in [0.3, 0.4) is 0 Å². The fraction of sp³-hybridized carbons (Fsp3) is 0.375. The van der Waals surface area contributed by atoms with Crippen molar-refractivity contribution in [1.29, 1.82) is 0 Å². The van der Waals surface area contributed by atoms with Crippen LogP contribution in [-0.4, -0.2) is 32.0 Å². The van der Waals surface area contributed by atoms with E-state index < -0.39 is 11.7 Å². The Bertz CT molecular complexity index is 981. The highest BCUT2D eigenvalue weighted by Gasteiger charge is 2.19. The van der Waals surface area contributed by atoms with Crippen molar-refractivity contribution in [2.45, 2.75) is 33.1 Å². The minimum Gasteiger partial charge on any atom is -0.449 e. The minimum atomic E-state index is -0.693. The number of carbonyl (C=O) groups excluding carboxylic acids is 1. The summed E-state index contributed by atoms with van der Waals surface area (Å²) in [7, 11) is 0. The number of rotatable bonds is 2. The Morgan fingerprint density at radius 2 is 2.12 bits per heavy atom. The maximum atomic E-state index is 12.5. The molecule has 3 rings (SSSR count). The molecular formula is C16H19N5O3. The first-order valence-electron chi connectivity index (χ1n) is 7.65. The zero-order valence-corrected chi connectivity index (χ0v) is 14.0. The van der Waals surface area contributed by atoms with Crippen molar-refractivity contribution >= 4 is 22.6 Å². The Labute approximate surface area is 138 Å². The molecule has 3 heterocycles. The van der Waals surface area contributed by atoms with E-state index in [1.807, 2.05) is 6.07 Å². The molecule has 0 radical (unpaired) electrons. The fourth-order valence-electron chi connectivity index (χ4n) is 2.34. The number of nitrogens with zero attached hydrogens (tertiary/aromatic N) is 4. The maximum absolute atomic E-state index is 12.5. The lowest BCUT2D eigenvalue weighted by Crippen LogP contribution is -2.33. The molecule has 0 aliphatic carbocycles. The van der Waals surface area contributed by atoms with Crippen LogP contribution in [0.1, 0.15) is 33.4 Å². The molecule has 0 aromatic carbocycles. The third-order valence-electron chi connectivity index (χ3n) is 3.61. The lowest BCUT2D eigenvalue weighted by Gasteiger charge is -2.13. The molecule has 0 atom stereocenters. The molecule has 0 saturated heterocycles. The van der Waals surface area contributed by atoms with Gasteiger partial charge in [0.1, 0.15) is 0 Å². The summed E-state index contributed by atoms with van der Waals surface area (Å²) in [5.41, 5.74) is 4.02. The monoisotopic (exact) mass is 329 g/mol. The van der Waals surface area contributed by atoms with Crippen molar-refractivity contribution in [3.8, 4) is 0 Å². The molecule has 0 bridgehead atoms. The van der Waals surface area contributed by atoms with Gasteiger partial charge in [0.2, 0.25) is 0 Å². The molecule has 0 aliphatic rings. The van der Waals surface area contributed by atoms with Gasteiger partial charge >= 0.3 is 6.09 Å². The standard InChI is InChI=1S/C16H19N5O3/c1-5-24-15(23)19-20-7-6-11-10(14(20)22)9-17-13-8-12(16(2,3)4)18-21(11)13/h6-9H,5H2,1-4H3,(H,19,23). The average molecular weight is 329 g/mol. The Morgan fingerprint density at radius 3 is 2.79 bits per heavy atom. The van der Waals surface area contributed by atoms with E-state index in [1.165, 1.54) is 12.4 Å². The number of nitrogens with one attached hydrogen (secondary N) is 1. The summed E-state index contributed by atoms with van der Waals surface area (Å²) in [6.45, 7) is 8.10. The van der Waals surface area contributed by atoms with Crippen LogP contribution in [0.15, 0.2) is 29.3 Å². The van der Waals surface area contributed by atoms with Crippen molar-refractivity contribution in [1.82, 2.24) is 19.3 Å². The van der Waals surface area contributed by atoms with E-state index in [9.17, 15) is 9.59 Å². The summed E-state index contributed by atoms with van der Waals surface area (Å²) >= 11 is 0. The van der Waals surface area contributed by atoms with E-state index in [0.717, 1.165) is 10.4 Å². The molecule has 0 unspecified atom stereocenters. The zero-order chi connectivity index (χ0) is 17.5. The molecule has 0 saturated carbocycles. The van der Waals surface area contributed by atoms with Crippen molar-refractivity contribution in [2.75, 3.05) is 12.0 Å². The Morgan fingerprint density at radius 1 is 1.38 bits per heavy atom. The van der Waals surface area contributed by atoms with E-state index in [1.54, 1.807) is 17.5 Å². The fourth-order valence-corrected chi connectivity index (χ4v) is 2.34. The molecule has 0 fully saturated rings. The first-order valence-corrected chi connectivity index (χ1v) is 7.65. The van der Waals surface area contributed by atoms with Crippen molar-refractivity contribution < 1.29 is 9.53 Å². The summed E-state index contributed by atoms with van der Waals surface area (Å²) in [6, 6.07) is 3.61. The molecule has 8 heteroatoms. The van der Waals surface area contributed by atoms with Crippen LogP contribution in [-0.2, 0) is 10.2 Å². The van der Waals surface area contributed by atoms with Gasteiger partial charge in [-0.05, 0) is 13.0 Å². The van der Waals surface area contributed by atoms with Gasteiger partial charge in [-0.2, -0.15) is 5.10 Å². The van der Waals surface area contributed by atoms with Gasteiger partial charge < -0.3 is 4.74 Å². The Balaban J connectivity index is 2.14. The van der Waals surface area contributed by atoms with Gasteiger partial charge in [0.15, 0.2) is 5.65 Å². The molecule has 0 aliphatic heterocycles. The molecule has 1 amide bonds. The van der Waals surface area contributed by atoms with Crippen LogP contribution in [0.4, 0.5) is 4.79 Å². The maximum Gasteiger partial charge on any atom is 0.426 e. The molecule has 3 aromatic rings. The lowest BCUT2D eigenvalue weighted by atomic mass is 9.93. The van der Waals surface area contributed by atoms with Gasteiger partial charge in [0.05, 0.1) is 23.2 Å². The van der Waals surface area contributed by atoms with E-state index in [4.69, 9.17) is 4.74 Å². The molecule has 126 valence electrons. The predicted molar refractivity (Wildman–Crippen MR) is 89.8 cm³/mol. The second-order valence-electron chi connectivity index (χ2n) is 6.43. The number of hydrogen-bond donors (Lipinski definition) is 1. The highest BCUT2D eigenvalue weighted by molar-refractivity contribution is 5.81. The number of carbonyl (C=O) groups is 1. The van der Waals surface area contributed by atoms with E-state index >= 15 is 0 Å². The summed E-state index contributed by atoms with van der Waals surface area (Å²) in [5.74, 6) is 0. The van der Waals surface area contributed by atoms with Gasteiger partial charge in [-0.3, -0.25) is 4.79 Å². The van der Waals surface area contributed by atoms with Gasteiger partial charge in [-0.25, -0.2) is 24.4 Å². The Kier molecular flexibility index (Phi) is 3.75. The van der Waals surface area contributed by atoms with Crippen LogP contribution < -0.4 is 11.0 Å². The molecule has 24 heavy (non-hydrogen) atoms. The van der Waals surface area contributed by atoms with E-state index in [0.29, 0.717) is 16.6 Å². The molecular weight excluding hydrogens is 310 g/mol. The number of ether oxygens (including phenoxy) is 1.